The predicted octanol–water partition coefficient (Wildman–Crippen LogP) is 2.23. The van der Waals surface area contributed by atoms with Crippen LogP contribution in [0.3, 0.4) is 0 Å². The highest BCUT2D eigenvalue weighted by atomic mass is 16.3. The first-order valence-corrected chi connectivity index (χ1v) is 4.42. The Bertz CT molecular complexity index is 429. The number of aryl methyl sites for hydroxylation is 1. The van der Waals surface area contributed by atoms with Gasteiger partial charge in [-0.05, 0) is 24.4 Å². The summed E-state index contributed by atoms with van der Waals surface area (Å²) in [6.07, 6.45) is -0.405. The van der Waals surface area contributed by atoms with Gasteiger partial charge in [-0.3, -0.25) is 0 Å². The van der Waals surface area contributed by atoms with Crippen molar-refractivity contribution in [2.75, 3.05) is 0 Å². The van der Waals surface area contributed by atoms with Crippen molar-refractivity contribution in [1.82, 2.24) is 4.57 Å². The van der Waals surface area contributed by atoms with Crippen LogP contribution in [0.15, 0.2) is 30.3 Å². The number of fused-ring (bicyclic) bond motifs is 1. The van der Waals surface area contributed by atoms with Gasteiger partial charge in [0.15, 0.2) is 0 Å². The Morgan fingerprint density at radius 2 is 2.00 bits per heavy atom. The summed E-state index contributed by atoms with van der Waals surface area (Å²) in [6, 6.07) is 10.2. The summed E-state index contributed by atoms with van der Waals surface area (Å²) in [6.45, 7) is 1.79. The molecule has 1 atom stereocenters. The number of aliphatic hydroxyl groups excluding tert-OH is 1. The Balaban J connectivity index is 2.74. The molecule has 0 saturated carbocycles. The van der Waals surface area contributed by atoms with Gasteiger partial charge in [-0.25, -0.2) is 0 Å². The third-order valence-corrected chi connectivity index (χ3v) is 2.42. The first kappa shape index (κ1) is 8.32. The van der Waals surface area contributed by atoms with E-state index in [4.69, 9.17) is 0 Å². The average molecular weight is 175 g/mol. The second-order valence-electron chi connectivity index (χ2n) is 3.36. The second-order valence-corrected chi connectivity index (χ2v) is 3.36. The van der Waals surface area contributed by atoms with E-state index in [2.05, 4.69) is 12.1 Å². The zero-order chi connectivity index (χ0) is 9.42. The summed E-state index contributed by atoms with van der Waals surface area (Å²) in [5, 5.41) is 10.7. The van der Waals surface area contributed by atoms with E-state index in [1.165, 1.54) is 10.9 Å². The minimum Gasteiger partial charge on any atom is -0.387 e. The molecule has 1 unspecified atom stereocenters. The first-order valence-electron chi connectivity index (χ1n) is 4.42. The molecule has 0 aliphatic carbocycles. The lowest BCUT2D eigenvalue weighted by atomic mass is 10.2. The summed E-state index contributed by atoms with van der Waals surface area (Å²) >= 11 is 0. The minimum atomic E-state index is -0.405. The van der Waals surface area contributed by atoms with Crippen molar-refractivity contribution in [1.29, 1.82) is 0 Å². The van der Waals surface area contributed by atoms with E-state index in [9.17, 15) is 5.11 Å². The van der Waals surface area contributed by atoms with Gasteiger partial charge in [0.05, 0.1) is 6.10 Å². The Morgan fingerprint density at radius 1 is 1.31 bits per heavy atom. The number of para-hydroxylation sites is 1. The molecule has 2 heteroatoms. The van der Waals surface area contributed by atoms with E-state index in [0.717, 1.165) is 5.69 Å². The highest BCUT2D eigenvalue weighted by Gasteiger charge is 2.08. The number of aromatic nitrogens is 1. The molecule has 13 heavy (non-hydrogen) atoms. The number of nitrogens with zero attached hydrogens (tertiary/aromatic N) is 1. The maximum Gasteiger partial charge on any atom is 0.0912 e. The van der Waals surface area contributed by atoms with Crippen molar-refractivity contribution in [3.63, 3.8) is 0 Å². The third kappa shape index (κ3) is 1.23. The standard InChI is InChI=1S/C11H13NO/c1-8(13)11-7-9-5-3-4-6-10(9)12(11)2/h3-8,13H,1-2H3. The first-order chi connectivity index (χ1) is 6.20. The van der Waals surface area contributed by atoms with Crippen LogP contribution in [-0.2, 0) is 7.05 Å². The lowest BCUT2D eigenvalue weighted by Crippen LogP contribution is -1.99. The van der Waals surface area contributed by atoms with Gasteiger partial charge < -0.3 is 9.67 Å². The van der Waals surface area contributed by atoms with Gasteiger partial charge >= 0.3 is 0 Å². The highest BCUT2D eigenvalue weighted by molar-refractivity contribution is 5.81. The van der Waals surface area contributed by atoms with Crippen LogP contribution in [-0.4, -0.2) is 9.67 Å². The summed E-state index contributed by atoms with van der Waals surface area (Å²) < 4.78 is 2.03. The van der Waals surface area contributed by atoms with Crippen molar-refractivity contribution in [2.24, 2.45) is 7.05 Å². The predicted molar refractivity (Wildman–Crippen MR) is 53.6 cm³/mol. The molecular formula is C11H13NO. The molecule has 1 N–H and O–H groups in total. The van der Waals surface area contributed by atoms with Crippen LogP contribution in [0, 0.1) is 0 Å². The molecule has 2 nitrogen and oxygen atoms in total. The van der Waals surface area contributed by atoms with Crippen molar-refractivity contribution in [3.8, 4) is 0 Å². The maximum absolute atomic E-state index is 9.48. The summed E-state index contributed by atoms with van der Waals surface area (Å²) in [4.78, 5) is 0. The summed E-state index contributed by atoms with van der Waals surface area (Å²) in [5.41, 5.74) is 2.12. The smallest absolute Gasteiger partial charge is 0.0912 e. The van der Waals surface area contributed by atoms with Crippen LogP contribution in [0.5, 0.6) is 0 Å². The van der Waals surface area contributed by atoms with Crippen molar-refractivity contribution in [2.45, 2.75) is 13.0 Å². The fourth-order valence-electron chi connectivity index (χ4n) is 1.71. The Kier molecular flexibility index (Phi) is 1.85. The third-order valence-electron chi connectivity index (χ3n) is 2.42. The molecule has 2 rings (SSSR count). The van der Waals surface area contributed by atoms with Gasteiger partial charge in [-0.1, -0.05) is 18.2 Å². The SMILES string of the molecule is CC(O)c1cc2ccccc2n1C. The molecule has 0 saturated heterocycles. The molecular weight excluding hydrogens is 162 g/mol. The van der Waals surface area contributed by atoms with Gasteiger partial charge in [0.25, 0.3) is 0 Å². The van der Waals surface area contributed by atoms with Gasteiger partial charge in [0, 0.05) is 18.3 Å². The number of rotatable bonds is 1. The lowest BCUT2D eigenvalue weighted by Gasteiger charge is -2.05. The van der Waals surface area contributed by atoms with E-state index >= 15 is 0 Å². The van der Waals surface area contributed by atoms with Gasteiger partial charge in [0.2, 0.25) is 0 Å². The van der Waals surface area contributed by atoms with Crippen LogP contribution in [0.4, 0.5) is 0 Å². The Labute approximate surface area is 77.4 Å². The Hall–Kier alpha value is -1.28. The molecule has 1 aromatic heterocycles. The van der Waals surface area contributed by atoms with E-state index in [0.29, 0.717) is 0 Å². The zero-order valence-corrected chi connectivity index (χ0v) is 7.86. The molecule has 0 fully saturated rings. The van der Waals surface area contributed by atoms with Crippen molar-refractivity contribution in [3.05, 3.63) is 36.0 Å². The summed E-state index contributed by atoms with van der Waals surface area (Å²) in [5.74, 6) is 0. The zero-order valence-electron chi connectivity index (χ0n) is 7.86. The summed E-state index contributed by atoms with van der Waals surface area (Å²) in [7, 11) is 1.98. The Morgan fingerprint density at radius 3 is 2.62 bits per heavy atom. The second kappa shape index (κ2) is 2.89. The largest absolute Gasteiger partial charge is 0.387 e. The number of benzene rings is 1. The minimum absolute atomic E-state index is 0.405. The molecule has 0 amide bonds. The van der Waals surface area contributed by atoms with E-state index in [1.807, 2.05) is 29.8 Å². The maximum atomic E-state index is 9.48. The van der Waals surface area contributed by atoms with E-state index < -0.39 is 6.10 Å². The molecule has 2 aromatic rings. The van der Waals surface area contributed by atoms with Crippen LogP contribution >= 0.6 is 0 Å². The van der Waals surface area contributed by atoms with Gasteiger partial charge in [-0.2, -0.15) is 0 Å². The number of hydrogen-bond donors (Lipinski definition) is 1. The highest BCUT2D eigenvalue weighted by Crippen LogP contribution is 2.22. The lowest BCUT2D eigenvalue weighted by molar-refractivity contribution is 0.191. The van der Waals surface area contributed by atoms with Crippen LogP contribution in [0.2, 0.25) is 0 Å². The van der Waals surface area contributed by atoms with Crippen molar-refractivity contribution < 1.29 is 5.11 Å². The molecule has 68 valence electrons. The van der Waals surface area contributed by atoms with Crippen LogP contribution in [0.1, 0.15) is 18.7 Å². The quantitative estimate of drug-likeness (QED) is 0.706. The molecule has 0 spiro atoms. The van der Waals surface area contributed by atoms with E-state index in [1.54, 1.807) is 6.92 Å². The van der Waals surface area contributed by atoms with Crippen LogP contribution in [0.25, 0.3) is 10.9 Å². The monoisotopic (exact) mass is 175 g/mol. The van der Waals surface area contributed by atoms with Gasteiger partial charge in [-0.15, -0.1) is 0 Å². The topological polar surface area (TPSA) is 25.2 Å². The fourth-order valence-corrected chi connectivity index (χ4v) is 1.71. The molecule has 0 bridgehead atoms. The fraction of sp³-hybridized carbons (Fsp3) is 0.273. The van der Waals surface area contributed by atoms with E-state index in [-0.39, 0.29) is 0 Å². The number of aliphatic hydroxyl groups is 1. The molecule has 0 aliphatic rings. The number of hydrogen-bond acceptors (Lipinski definition) is 1. The molecule has 1 aromatic carbocycles. The van der Waals surface area contributed by atoms with Crippen LogP contribution < -0.4 is 0 Å². The normalized spacial score (nSPS) is 13.5. The van der Waals surface area contributed by atoms with Gasteiger partial charge in [0.1, 0.15) is 0 Å². The van der Waals surface area contributed by atoms with Crippen molar-refractivity contribution >= 4 is 10.9 Å². The average Bonchev–Trinajstić information content (AvgIpc) is 2.45. The molecule has 0 radical (unpaired) electrons. The molecule has 1 heterocycles. The molecule has 0 aliphatic heterocycles.